The van der Waals surface area contributed by atoms with E-state index in [1.165, 1.54) is 4.90 Å². The van der Waals surface area contributed by atoms with Crippen LogP contribution in [0.1, 0.15) is 47.5 Å². The first-order valence-electron chi connectivity index (χ1n) is 7.74. The van der Waals surface area contributed by atoms with Crippen LogP contribution in [0.3, 0.4) is 0 Å². The van der Waals surface area contributed by atoms with E-state index in [4.69, 9.17) is 0 Å². The lowest BCUT2D eigenvalue weighted by Crippen LogP contribution is -2.60. The van der Waals surface area contributed by atoms with Crippen molar-refractivity contribution in [2.24, 2.45) is 22.7 Å². The van der Waals surface area contributed by atoms with Gasteiger partial charge in [0.05, 0.1) is 5.41 Å². The molecule has 5 nitrogen and oxygen atoms in total. The van der Waals surface area contributed by atoms with Gasteiger partial charge in [0.15, 0.2) is 0 Å². The third-order valence-corrected chi connectivity index (χ3v) is 5.52. The summed E-state index contributed by atoms with van der Waals surface area (Å²) in [5.41, 5.74) is -0.865. The van der Waals surface area contributed by atoms with Crippen LogP contribution >= 0.6 is 0 Å². The van der Waals surface area contributed by atoms with Crippen molar-refractivity contribution in [3.8, 4) is 0 Å². The Morgan fingerprint density at radius 3 is 2.52 bits per heavy atom. The minimum Gasteiger partial charge on any atom is -0.354 e. The quantitative estimate of drug-likeness (QED) is 0.800. The van der Waals surface area contributed by atoms with E-state index in [0.29, 0.717) is 12.5 Å². The molecule has 2 atom stereocenters. The first-order valence-corrected chi connectivity index (χ1v) is 7.74. The van der Waals surface area contributed by atoms with Crippen molar-refractivity contribution in [3.05, 3.63) is 0 Å². The molecule has 21 heavy (non-hydrogen) atoms. The predicted molar refractivity (Wildman–Crippen MR) is 79.2 cm³/mol. The molecule has 1 N–H and O–H groups in total. The summed E-state index contributed by atoms with van der Waals surface area (Å²) < 4.78 is 0. The molecule has 0 radical (unpaired) electrons. The summed E-state index contributed by atoms with van der Waals surface area (Å²) in [4.78, 5) is 38.4. The molecule has 2 aliphatic rings. The van der Waals surface area contributed by atoms with Crippen LogP contribution in [0.5, 0.6) is 0 Å². The Labute approximate surface area is 126 Å². The molecule has 2 rings (SSSR count). The first kappa shape index (κ1) is 16.0. The SMILES string of the molecule is CC(C)CNC(=O)CN1C(=O)C2CCC(C)(C1=O)C2(C)C. The lowest BCUT2D eigenvalue weighted by atomic mass is 9.62. The molecule has 1 aliphatic carbocycles. The second-order valence-electron chi connectivity index (χ2n) is 7.57. The molecule has 0 spiro atoms. The van der Waals surface area contributed by atoms with Crippen molar-refractivity contribution in [2.75, 3.05) is 13.1 Å². The van der Waals surface area contributed by atoms with Gasteiger partial charge in [0.25, 0.3) is 0 Å². The average molecular weight is 294 g/mol. The highest BCUT2D eigenvalue weighted by molar-refractivity contribution is 6.06. The highest BCUT2D eigenvalue weighted by Gasteiger charge is 2.64. The number of nitrogens with zero attached hydrogens (tertiary/aromatic N) is 1. The molecular weight excluding hydrogens is 268 g/mol. The van der Waals surface area contributed by atoms with E-state index in [0.717, 1.165) is 12.8 Å². The molecule has 0 aromatic carbocycles. The van der Waals surface area contributed by atoms with Gasteiger partial charge in [0, 0.05) is 12.5 Å². The zero-order valence-electron chi connectivity index (χ0n) is 13.7. The van der Waals surface area contributed by atoms with E-state index in [-0.39, 0.29) is 35.6 Å². The van der Waals surface area contributed by atoms with E-state index < -0.39 is 5.41 Å². The molecule has 1 saturated carbocycles. The van der Waals surface area contributed by atoms with Gasteiger partial charge in [-0.3, -0.25) is 19.3 Å². The minimum atomic E-state index is -0.538. The summed E-state index contributed by atoms with van der Waals surface area (Å²) in [7, 11) is 0. The second-order valence-corrected chi connectivity index (χ2v) is 7.57. The molecule has 1 aliphatic heterocycles. The van der Waals surface area contributed by atoms with E-state index >= 15 is 0 Å². The molecule has 3 amide bonds. The largest absolute Gasteiger partial charge is 0.354 e. The summed E-state index contributed by atoms with van der Waals surface area (Å²) in [5, 5.41) is 2.77. The average Bonchev–Trinajstić information content (AvgIpc) is 2.58. The summed E-state index contributed by atoms with van der Waals surface area (Å²) in [6.45, 7) is 10.3. The fourth-order valence-corrected chi connectivity index (χ4v) is 3.57. The van der Waals surface area contributed by atoms with Crippen LogP contribution in [0.2, 0.25) is 0 Å². The Bertz CT molecular complexity index is 484. The van der Waals surface area contributed by atoms with E-state index in [1.807, 2.05) is 34.6 Å². The Balaban J connectivity index is 2.14. The molecule has 5 heteroatoms. The van der Waals surface area contributed by atoms with Crippen LogP contribution in [0, 0.1) is 22.7 Å². The van der Waals surface area contributed by atoms with Gasteiger partial charge in [0.1, 0.15) is 6.54 Å². The fraction of sp³-hybridized carbons (Fsp3) is 0.812. The number of carbonyl (C=O) groups is 3. The van der Waals surface area contributed by atoms with Crippen molar-refractivity contribution in [3.63, 3.8) is 0 Å². The highest BCUT2D eigenvalue weighted by atomic mass is 16.2. The van der Waals surface area contributed by atoms with Crippen LogP contribution < -0.4 is 5.32 Å². The van der Waals surface area contributed by atoms with Gasteiger partial charge < -0.3 is 5.32 Å². The first-order chi connectivity index (χ1) is 9.61. The third kappa shape index (κ3) is 2.36. The highest BCUT2D eigenvalue weighted by Crippen LogP contribution is 2.59. The molecule has 2 fully saturated rings. The Kier molecular flexibility index (Phi) is 3.89. The Morgan fingerprint density at radius 1 is 1.33 bits per heavy atom. The van der Waals surface area contributed by atoms with Crippen LogP contribution in [0.15, 0.2) is 0 Å². The number of carbonyl (C=O) groups excluding carboxylic acids is 3. The smallest absolute Gasteiger partial charge is 0.240 e. The van der Waals surface area contributed by atoms with Gasteiger partial charge in [0.2, 0.25) is 17.7 Å². The standard InChI is InChI=1S/C16H26N2O3/c1-10(2)8-17-12(19)9-18-13(20)11-6-7-16(5,14(18)21)15(11,3)4/h10-11H,6-9H2,1-5H3,(H,17,19). The number of rotatable bonds is 4. The molecule has 2 bridgehead atoms. The number of likely N-dealkylation sites (tertiary alicyclic amines) is 1. The number of amides is 3. The third-order valence-electron chi connectivity index (χ3n) is 5.52. The van der Waals surface area contributed by atoms with Crippen molar-refractivity contribution in [2.45, 2.75) is 47.5 Å². The summed E-state index contributed by atoms with van der Waals surface area (Å²) >= 11 is 0. The summed E-state index contributed by atoms with van der Waals surface area (Å²) in [5.74, 6) is -0.439. The number of imide groups is 1. The van der Waals surface area contributed by atoms with E-state index in [9.17, 15) is 14.4 Å². The fourth-order valence-electron chi connectivity index (χ4n) is 3.57. The molecule has 0 aromatic rings. The molecule has 1 saturated heterocycles. The van der Waals surface area contributed by atoms with Gasteiger partial charge in [-0.2, -0.15) is 0 Å². The normalized spacial score (nSPS) is 31.0. The van der Waals surface area contributed by atoms with Crippen molar-refractivity contribution < 1.29 is 14.4 Å². The summed E-state index contributed by atoms with van der Waals surface area (Å²) in [6.07, 6.45) is 1.46. The molecular formula is C16H26N2O3. The van der Waals surface area contributed by atoms with Gasteiger partial charge in [-0.1, -0.05) is 34.6 Å². The number of nitrogens with one attached hydrogen (secondary N) is 1. The van der Waals surface area contributed by atoms with Gasteiger partial charge in [-0.15, -0.1) is 0 Å². The molecule has 0 aromatic heterocycles. The van der Waals surface area contributed by atoms with E-state index in [1.54, 1.807) is 0 Å². The molecule has 2 unspecified atom stereocenters. The van der Waals surface area contributed by atoms with Crippen molar-refractivity contribution in [1.82, 2.24) is 10.2 Å². The lowest BCUT2D eigenvalue weighted by molar-refractivity contribution is -0.169. The van der Waals surface area contributed by atoms with Crippen LogP contribution in [0.4, 0.5) is 0 Å². The monoisotopic (exact) mass is 294 g/mol. The Hall–Kier alpha value is -1.39. The maximum Gasteiger partial charge on any atom is 0.240 e. The topological polar surface area (TPSA) is 66.5 Å². The molecule has 1 heterocycles. The van der Waals surface area contributed by atoms with E-state index in [2.05, 4.69) is 5.32 Å². The lowest BCUT2D eigenvalue weighted by Gasteiger charge is -2.47. The minimum absolute atomic E-state index is 0.146. The van der Waals surface area contributed by atoms with Gasteiger partial charge in [-0.05, 0) is 24.2 Å². The Morgan fingerprint density at radius 2 is 1.95 bits per heavy atom. The van der Waals surface area contributed by atoms with Crippen molar-refractivity contribution >= 4 is 17.7 Å². The zero-order valence-corrected chi connectivity index (χ0v) is 13.7. The maximum atomic E-state index is 12.7. The zero-order chi connectivity index (χ0) is 16.0. The number of piperidine rings is 1. The number of fused-ring (bicyclic) bond motifs is 2. The van der Waals surface area contributed by atoms with Crippen LogP contribution in [-0.4, -0.2) is 35.7 Å². The van der Waals surface area contributed by atoms with Crippen molar-refractivity contribution in [1.29, 1.82) is 0 Å². The maximum absolute atomic E-state index is 12.7. The molecule has 118 valence electrons. The summed E-state index contributed by atoms with van der Waals surface area (Å²) in [6, 6.07) is 0. The van der Waals surface area contributed by atoms with Crippen LogP contribution in [0.25, 0.3) is 0 Å². The van der Waals surface area contributed by atoms with Gasteiger partial charge >= 0.3 is 0 Å². The van der Waals surface area contributed by atoms with Gasteiger partial charge in [-0.25, -0.2) is 0 Å². The second kappa shape index (κ2) is 5.11. The number of hydrogen-bond acceptors (Lipinski definition) is 3. The number of hydrogen-bond donors (Lipinski definition) is 1. The predicted octanol–water partition coefficient (Wildman–Crippen LogP) is 1.57. The van der Waals surface area contributed by atoms with Crippen LogP contribution in [-0.2, 0) is 14.4 Å².